The molecule has 2 N–H and O–H groups in total. The van der Waals surface area contributed by atoms with Gasteiger partial charge in [-0.2, -0.15) is 0 Å². The number of benzene rings is 1. The van der Waals surface area contributed by atoms with Crippen LogP contribution in [0.2, 0.25) is 5.02 Å². The molecule has 0 spiro atoms. The number of aromatic nitrogens is 2. The van der Waals surface area contributed by atoms with Crippen LogP contribution in [-0.4, -0.2) is 9.97 Å². The summed E-state index contributed by atoms with van der Waals surface area (Å²) >= 11 is 5.88. The van der Waals surface area contributed by atoms with Crippen LogP contribution in [0, 0.1) is 0 Å². The molecule has 0 fully saturated rings. The Labute approximate surface area is 105 Å². The fourth-order valence-corrected chi connectivity index (χ4v) is 2.36. The lowest BCUT2D eigenvalue weighted by molar-refractivity contribution is 0.900. The summed E-state index contributed by atoms with van der Waals surface area (Å²) in [6.07, 6.45) is 5.21. The fraction of sp³-hybridized carbons (Fsp3) is 0.231. The molecule has 1 aliphatic carbocycles. The maximum atomic E-state index is 5.93. The van der Waals surface area contributed by atoms with Gasteiger partial charge >= 0.3 is 0 Å². The summed E-state index contributed by atoms with van der Waals surface area (Å²) in [5.41, 5.74) is 9.83. The van der Waals surface area contributed by atoms with Gasteiger partial charge < -0.3 is 5.73 Å². The molecule has 0 amide bonds. The van der Waals surface area contributed by atoms with Crippen molar-refractivity contribution in [3.63, 3.8) is 0 Å². The fourth-order valence-electron chi connectivity index (χ4n) is 2.18. The van der Waals surface area contributed by atoms with Gasteiger partial charge in [-0.05, 0) is 43.0 Å². The normalized spacial score (nSPS) is 13.7. The Morgan fingerprint density at radius 2 is 2.12 bits per heavy atom. The van der Waals surface area contributed by atoms with Gasteiger partial charge in [0.15, 0.2) is 5.82 Å². The number of nitrogens with two attached hydrogens (primary N) is 1. The Balaban J connectivity index is 2.09. The van der Waals surface area contributed by atoms with E-state index >= 15 is 0 Å². The molecule has 1 aromatic carbocycles. The van der Waals surface area contributed by atoms with E-state index in [1.165, 1.54) is 12.0 Å². The van der Waals surface area contributed by atoms with Crippen LogP contribution in [0.25, 0.3) is 11.4 Å². The minimum Gasteiger partial charge on any atom is -0.398 e. The molecular weight excluding hydrogens is 234 g/mol. The second-order valence-corrected chi connectivity index (χ2v) is 4.69. The van der Waals surface area contributed by atoms with Crippen LogP contribution >= 0.6 is 11.6 Å². The molecule has 0 aliphatic heterocycles. The van der Waals surface area contributed by atoms with E-state index in [4.69, 9.17) is 17.3 Å². The standard InChI is InChI=1S/C13H12ClN3/c14-9-4-5-10(11(15)6-9)13-16-7-8-2-1-3-12(8)17-13/h4-7H,1-3,15H2. The van der Waals surface area contributed by atoms with Crippen LogP contribution in [0.1, 0.15) is 17.7 Å². The van der Waals surface area contributed by atoms with Gasteiger partial charge in [-0.1, -0.05) is 11.6 Å². The SMILES string of the molecule is Nc1cc(Cl)ccc1-c1ncc2c(n1)CCC2. The largest absolute Gasteiger partial charge is 0.398 e. The molecule has 86 valence electrons. The second kappa shape index (κ2) is 4.00. The number of nitrogen functional groups attached to an aromatic ring is 1. The van der Waals surface area contributed by atoms with Gasteiger partial charge in [-0.15, -0.1) is 0 Å². The molecule has 17 heavy (non-hydrogen) atoms. The Morgan fingerprint density at radius 1 is 1.24 bits per heavy atom. The Hall–Kier alpha value is -1.61. The second-order valence-electron chi connectivity index (χ2n) is 4.25. The van der Waals surface area contributed by atoms with Crippen molar-refractivity contribution in [2.75, 3.05) is 5.73 Å². The summed E-state index contributed by atoms with van der Waals surface area (Å²) in [4.78, 5) is 8.96. The van der Waals surface area contributed by atoms with Crippen molar-refractivity contribution < 1.29 is 0 Å². The molecule has 2 aromatic rings. The predicted octanol–water partition coefficient (Wildman–Crippen LogP) is 2.87. The number of nitrogens with zero attached hydrogens (tertiary/aromatic N) is 2. The molecule has 0 atom stereocenters. The average Bonchev–Trinajstić information content (AvgIpc) is 2.75. The number of anilines is 1. The lowest BCUT2D eigenvalue weighted by atomic mass is 10.1. The predicted molar refractivity (Wildman–Crippen MR) is 68.9 cm³/mol. The van der Waals surface area contributed by atoms with E-state index in [9.17, 15) is 0 Å². The van der Waals surface area contributed by atoms with E-state index in [2.05, 4.69) is 9.97 Å². The van der Waals surface area contributed by atoms with Gasteiger partial charge in [0, 0.05) is 28.2 Å². The molecule has 0 radical (unpaired) electrons. The zero-order chi connectivity index (χ0) is 11.8. The van der Waals surface area contributed by atoms with Crippen LogP contribution in [0.15, 0.2) is 24.4 Å². The van der Waals surface area contributed by atoms with E-state index < -0.39 is 0 Å². The van der Waals surface area contributed by atoms with Gasteiger partial charge in [-0.25, -0.2) is 9.97 Å². The molecule has 1 aromatic heterocycles. The first-order valence-corrected chi connectivity index (χ1v) is 6.02. The van der Waals surface area contributed by atoms with Crippen molar-refractivity contribution in [1.82, 2.24) is 9.97 Å². The highest BCUT2D eigenvalue weighted by atomic mass is 35.5. The summed E-state index contributed by atoms with van der Waals surface area (Å²) in [6.45, 7) is 0. The number of rotatable bonds is 1. The molecule has 0 bridgehead atoms. The lowest BCUT2D eigenvalue weighted by Gasteiger charge is -2.06. The molecule has 3 rings (SSSR count). The molecule has 0 saturated carbocycles. The van der Waals surface area contributed by atoms with Crippen LogP contribution in [0.4, 0.5) is 5.69 Å². The maximum Gasteiger partial charge on any atom is 0.161 e. The highest BCUT2D eigenvalue weighted by Crippen LogP contribution is 2.28. The molecular formula is C13H12ClN3. The third kappa shape index (κ3) is 1.87. The van der Waals surface area contributed by atoms with Gasteiger partial charge in [0.25, 0.3) is 0 Å². The van der Waals surface area contributed by atoms with Crippen molar-refractivity contribution in [1.29, 1.82) is 0 Å². The average molecular weight is 246 g/mol. The molecule has 0 unspecified atom stereocenters. The van der Waals surface area contributed by atoms with Crippen molar-refractivity contribution in [2.45, 2.75) is 19.3 Å². The zero-order valence-electron chi connectivity index (χ0n) is 9.28. The number of hydrogen-bond acceptors (Lipinski definition) is 3. The van der Waals surface area contributed by atoms with Crippen molar-refractivity contribution >= 4 is 17.3 Å². The topological polar surface area (TPSA) is 51.8 Å². The highest BCUT2D eigenvalue weighted by molar-refractivity contribution is 6.31. The molecule has 0 saturated heterocycles. The summed E-state index contributed by atoms with van der Waals surface area (Å²) in [6, 6.07) is 5.41. The number of fused-ring (bicyclic) bond motifs is 1. The minimum absolute atomic E-state index is 0.621. The summed E-state index contributed by atoms with van der Waals surface area (Å²) in [5.74, 6) is 0.694. The van der Waals surface area contributed by atoms with Gasteiger partial charge in [0.05, 0.1) is 0 Å². The third-order valence-electron chi connectivity index (χ3n) is 3.07. The highest BCUT2D eigenvalue weighted by Gasteiger charge is 2.15. The maximum absolute atomic E-state index is 5.93. The first-order valence-electron chi connectivity index (χ1n) is 5.64. The van der Waals surface area contributed by atoms with Crippen LogP contribution in [0.5, 0.6) is 0 Å². The first kappa shape index (κ1) is 10.5. The molecule has 4 heteroatoms. The summed E-state index contributed by atoms with van der Waals surface area (Å²) < 4.78 is 0. The smallest absolute Gasteiger partial charge is 0.161 e. The molecule has 1 heterocycles. The van der Waals surface area contributed by atoms with E-state index in [0.29, 0.717) is 16.5 Å². The van der Waals surface area contributed by atoms with E-state index in [1.54, 1.807) is 6.07 Å². The third-order valence-corrected chi connectivity index (χ3v) is 3.30. The van der Waals surface area contributed by atoms with E-state index in [1.807, 2.05) is 18.3 Å². The number of halogens is 1. The Kier molecular flexibility index (Phi) is 2.48. The van der Waals surface area contributed by atoms with Crippen LogP contribution in [-0.2, 0) is 12.8 Å². The molecule has 3 nitrogen and oxygen atoms in total. The van der Waals surface area contributed by atoms with Crippen LogP contribution in [0.3, 0.4) is 0 Å². The quantitative estimate of drug-likeness (QED) is 0.786. The van der Waals surface area contributed by atoms with Crippen molar-refractivity contribution in [3.05, 3.63) is 40.7 Å². The molecule has 1 aliphatic rings. The summed E-state index contributed by atoms with van der Waals surface area (Å²) in [5, 5.41) is 0.632. The lowest BCUT2D eigenvalue weighted by Crippen LogP contribution is -1.98. The van der Waals surface area contributed by atoms with Crippen molar-refractivity contribution in [2.24, 2.45) is 0 Å². The Morgan fingerprint density at radius 3 is 2.94 bits per heavy atom. The van der Waals surface area contributed by atoms with Gasteiger partial charge in [0.1, 0.15) is 0 Å². The number of hydrogen-bond donors (Lipinski definition) is 1. The van der Waals surface area contributed by atoms with E-state index in [0.717, 1.165) is 24.1 Å². The monoisotopic (exact) mass is 245 g/mol. The van der Waals surface area contributed by atoms with Gasteiger partial charge in [0.2, 0.25) is 0 Å². The Bertz CT molecular complexity index is 581. The van der Waals surface area contributed by atoms with E-state index in [-0.39, 0.29) is 0 Å². The van der Waals surface area contributed by atoms with Crippen LogP contribution < -0.4 is 5.73 Å². The zero-order valence-corrected chi connectivity index (χ0v) is 10.0. The minimum atomic E-state index is 0.621. The van der Waals surface area contributed by atoms with Gasteiger partial charge in [-0.3, -0.25) is 0 Å². The summed E-state index contributed by atoms with van der Waals surface area (Å²) in [7, 11) is 0. The first-order chi connectivity index (χ1) is 8.24. The number of aryl methyl sites for hydroxylation is 2. The van der Waals surface area contributed by atoms with Crippen molar-refractivity contribution in [3.8, 4) is 11.4 Å².